The molecule has 0 aromatic heterocycles. The molecule has 1 aliphatic heterocycles. The van der Waals surface area contributed by atoms with Crippen LogP contribution in [0.1, 0.15) is 38.5 Å². The Kier molecular flexibility index (Phi) is 3.50. The summed E-state index contributed by atoms with van der Waals surface area (Å²) in [6, 6.07) is 0.430. The second-order valence-electron chi connectivity index (χ2n) is 5.32. The second kappa shape index (κ2) is 4.72. The van der Waals surface area contributed by atoms with Gasteiger partial charge in [0, 0.05) is 19.1 Å². The van der Waals surface area contributed by atoms with Gasteiger partial charge in [-0.05, 0) is 32.7 Å². The lowest BCUT2D eigenvalue weighted by molar-refractivity contribution is -0.147. The molecule has 0 bridgehead atoms. The van der Waals surface area contributed by atoms with Gasteiger partial charge in [0.1, 0.15) is 5.54 Å². The fourth-order valence-corrected chi connectivity index (χ4v) is 2.88. The number of hydrogen-bond donors (Lipinski definition) is 2. The largest absolute Gasteiger partial charge is 0.480 e. The number of aliphatic carboxylic acids is 1. The van der Waals surface area contributed by atoms with Crippen LogP contribution in [0.5, 0.6) is 0 Å². The van der Waals surface area contributed by atoms with Crippen molar-refractivity contribution in [2.75, 3.05) is 20.1 Å². The fraction of sp³-hybridized carbons (Fsp3) is 0.917. The normalized spacial score (nSPS) is 27.1. The smallest absolute Gasteiger partial charge is 0.324 e. The highest BCUT2D eigenvalue weighted by Crippen LogP contribution is 2.27. The summed E-state index contributed by atoms with van der Waals surface area (Å²) in [4.78, 5) is 13.7. The molecular weight excluding hydrogens is 204 g/mol. The first-order chi connectivity index (χ1) is 7.62. The van der Waals surface area contributed by atoms with Gasteiger partial charge >= 0.3 is 5.97 Å². The maximum absolute atomic E-state index is 11.5. The number of likely N-dealkylation sites (tertiary alicyclic amines) is 1. The Morgan fingerprint density at radius 1 is 1.31 bits per heavy atom. The number of carboxylic acid groups (broad SMARTS) is 1. The topological polar surface area (TPSA) is 52.6 Å². The minimum absolute atomic E-state index is 0.430. The monoisotopic (exact) mass is 226 g/mol. The summed E-state index contributed by atoms with van der Waals surface area (Å²) in [5, 5.41) is 12.9. The lowest BCUT2D eigenvalue weighted by Gasteiger charge is -2.39. The zero-order valence-corrected chi connectivity index (χ0v) is 10.0. The van der Waals surface area contributed by atoms with Crippen molar-refractivity contribution in [3.63, 3.8) is 0 Å². The molecule has 16 heavy (non-hydrogen) atoms. The first kappa shape index (κ1) is 11.9. The van der Waals surface area contributed by atoms with Crippen molar-refractivity contribution in [2.24, 2.45) is 0 Å². The van der Waals surface area contributed by atoms with Crippen LogP contribution in [0.4, 0.5) is 0 Å². The van der Waals surface area contributed by atoms with Gasteiger partial charge in [-0.1, -0.05) is 12.8 Å². The first-order valence-corrected chi connectivity index (χ1v) is 6.32. The van der Waals surface area contributed by atoms with E-state index in [1.165, 1.54) is 12.8 Å². The van der Waals surface area contributed by atoms with Gasteiger partial charge in [-0.15, -0.1) is 0 Å². The van der Waals surface area contributed by atoms with Gasteiger partial charge < -0.3 is 10.0 Å². The third kappa shape index (κ3) is 2.38. The van der Waals surface area contributed by atoms with Gasteiger partial charge in [-0.25, -0.2) is 0 Å². The van der Waals surface area contributed by atoms with Gasteiger partial charge in [0.25, 0.3) is 0 Å². The third-order valence-corrected chi connectivity index (χ3v) is 4.09. The van der Waals surface area contributed by atoms with E-state index >= 15 is 0 Å². The Morgan fingerprint density at radius 2 is 1.88 bits per heavy atom. The number of rotatable bonds is 3. The molecule has 1 heterocycles. The van der Waals surface area contributed by atoms with Gasteiger partial charge in [-0.3, -0.25) is 10.1 Å². The van der Waals surface area contributed by atoms with Gasteiger partial charge in [0.15, 0.2) is 0 Å². The number of carbonyl (C=O) groups is 1. The summed E-state index contributed by atoms with van der Waals surface area (Å²) in [6.45, 7) is 1.76. The molecule has 0 unspecified atom stereocenters. The molecular formula is C12H22N2O2. The van der Waals surface area contributed by atoms with E-state index in [1.807, 2.05) is 0 Å². The third-order valence-electron chi connectivity index (χ3n) is 4.09. The molecule has 2 aliphatic rings. The molecule has 1 saturated heterocycles. The predicted octanol–water partition coefficient (Wildman–Crippen LogP) is 1.07. The molecule has 0 aromatic carbocycles. The highest BCUT2D eigenvalue weighted by molar-refractivity contribution is 5.79. The SMILES string of the molecule is CN1CCC(NC2CCCC2)(C(=O)O)CC1. The maximum atomic E-state index is 11.5. The van der Waals surface area contributed by atoms with E-state index in [1.54, 1.807) is 0 Å². The lowest BCUT2D eigenvalue weighted by atomic mass is 9.86. The first-order valence-electron chi connectivity index (χ1n) is 6.32. The van der Waals surface area contributed by atoms with E-state index in [4.69, 9.17) is 0 Å². The number of nitrogens with one attached hydrogen (secondary N) is 1. The van der Waals surface area contributed by atoms with Crippen LogP contribution in [0.15, 0.2) is 0 Å². The Bertz CT molecular complexity index is 254. The zero-order valence-electron chi connectivity index (χ0n) is 10.0. The Balaban J connectivity index is 2.00. The number of nitrogens with zero attached hydrogens (tertiary/aromatic N) is 1. The van der Waals surface area contributed by atoms with Crippen molar-refractivity contribution in [1.82, 2.24) is 10.2 Å². The van der Waals surface area contributed by atoms with E-state index < -0.39 is 11.5 Å². The van der Waals surface area contributed by atoms with Crippen molar-refractivity contribution >= 4 is 5.97 Å². The molecule has 4 nitrogen and oxygen atoms in total. The summed E-state index contributed by atoms with van der Waals surface area (Å²) < 4.78 is 0. The zero-order chi connectivity index (χ0) is 11.6. The fourth-order valence-electron chi connectivity index (χ4n) is 2.88. The van der Waals surface area contributed by atoms with Crippen LogP contribution >= 0.6 is 0 Å². The molecule has 2 rings (SSSR count). The summed E-state index contributed by atoms with van der Waals surface area (Å²) >= 11 is 0. The molecule has 4 heteroatoms. The Labute approximate surface area is 97.0 Å². The van der Waals surface area contributed by atoms with Crippen LogP contribution < -0.4 is 5.32 Å². The van der Waals surface area contributed by atoms with Crippen LogP contribution in [0, 0.1) is 0 Å². The van der Waals surface area contributed by atoms with E-state index in [9.17, 15) is 9.90 Å². The molecule has 1 saturated carbocycles. The van der Waals surface area contributed by atoms with Crippen LogP contribution in [-0.4, -0.2) is 47.7 Å². The summed E-state index contributed by atoms with van der Waals surface area (Å²) in [7, 11) is 2.06. The van der Waals surface area contributed by atoms with E-state index in [0.717, 1.165) is 38.8 Å². The quantitative estimate of drug-likeness (QED) is 0.756. The van der Waals surface area contributed by atoms with Crippen molar-refractivity contribution in [2.45, 2.75) is 50.1 Å². The Morgan fingerprint density at radius 3 is 2.38 bits per heavy atom. The van der Waals surface area contributed by atoms with Crippen molar-refractivity contribution in [3.05, 3.63) is 0 Å². The maximum Gasteiger partial charge on any atom is 0.324 e. The summed E-state index contributed by atoms with van der Waals surface area (Å²) in [5.74, 6) is -0.660. The molecule has 0 atom stereocenters. The van der Waals surface area contributed by atoms with Crippen LogP contribution in [-0.2, 0) is 4.79 Å². The number of piperidine rings is 1. The van der Waals surface area contributed by atoms with Gasteiger partial charge in [-0.2, -0.15) is 0 Å². The number of hydrogen-bond acceptors (Lipinski definition) is 3. The highest BCUT2D eigenvalue weighted by atomic mass is 16.4. The molecule has 1 aliphatic carbocycles. The molecule has 92 valence electrons. The van der Waals surface area contributed by atoms with E-state index in [-0.39, 0.29) is 0 Å². The number of carboxylic acids is 1. The van der Waals surface area contributed by atoms with Crippen molar-refractivity contribution in [3.8, 4) is 0 Å². The predicted molar refractivity (Wildman–Crippen MR) is 62.5 cm³/mol. The summed E-state index contributed by atoms with van der Waals surface area (Å²) in [5.41, 5.74) is -0.651. The van der Waals surface area contributed by atoms with Crippen LogP contribution in [0.2, 0.25) is 0 Å². The molecule has 2 N–H and O–H groups in total. The average Bonchev–Trinajstić information content (AvgIpc) is 2.74. The van der Waals surface area contributed by atoms with Crippen LogP contribution in [0.3, 0.4) is 0 Å². The molecule has 0 radical (unpaired) electrons. The molecule has 2 fully saturated rings. The highest BCUT2D eigenvalue weighted by Gasteiger charge is 2.42. The minimum atomic E-state index is -0.660. The van der Waals surface area contributed by atoms with E-state index in [2.05, 4.69) is 17.3 Å². The van der Waals surface area contributed by atoms with Gasteiger partial charge in [0.05, 0.1) is 0 Å². The Hall–Kier alpha value is -0.610. The standard InChI is InChI=1S/C12H22N2O2/c1-14-8-6-12(7-9-14,11(15)16)13-10-4-2-3-5-10/h10,13H,2-9H2,1H3,(H,15,16). The average molecular weight is 226 g/mol. The molecule has 0 aromatic rings. The lowest BCUT2D eigenvalue weighted by Crippen LogP contribution is -2.60. The van der Waals surface area contributed by atoms with Crippen molar-refractivity contribution < 1.29 is 9.90 Å². The molecule has 0 spiro atoms. The second-order valence-corrected chi connectivity index (χ2v) is 5.32. The minimum Gasteiger partial charge on any atom is -0.480 e. The van der Waals surface area contributed by atoms with E-state index in [0.29, 0.717) is 6.04 Å². The van der Waals surface area contributed by atoms with Crippen molar-refractivity contribution in [1.29, 1.82) is 0 Å². The van der Waals surface area contributed by atoms with Gasteiger partial charge in [0.2, 0.25) is 0 Å². The molecule has 0 amide bonds. The summed E-state index contributed by atoms with van der Waals surface area (Å²) in [6.07, 6.45) is 6.24. The van der Waals surface area contributed by atoms with Crippen LogP contribution in [0.25, 0.3) is 0 Å².